The summed E-state index contributed by atoms with van der Waals surface area (Å²) in [4.78, 5) is 11.8. The van der Waals surface area contributed by atoms with E-state index in [4.69, 9.17) is 23.2 Å². The second kappa shape index (κ2) is 5.79. The predicted octanol–water partition coefficient (Wildman–Crippen LogP) is 2.61. The fourth-order valence-corrected chi connectivity index (χ4v) is 1.46. The Hall–Kier alpha value is -1.17. The van der Waals surface area contributed by atoms with Gasteiger partial charge in [-0.05, 0) is 30.7 Å². The molecule has 1 aromatic carbocycles. The van der Waals surface area contributed by atoms with Gasteiger partial charge in [0, 0.05) is 10.9 Å². The molecule has 1 aromatic rings. The highest BCUT2D eigenvalue weighted by Gasteiger charge is 2.23. The summed E-state index contributed by atoms with van der Waals surface area (Å²) in [6.07, 6.45) is 0. The van der Waals surface area contributed by atoms with Crippen LogP contribution in [0.1, 0.15) is 17.3 Å². The molecule has 16 heavy (non-hydrogen) atoms. The number of alkyl halides is 1. The topological polar surface area (TPSA) is 29.1 Å². The molecule has 0 fully saturated rings. The third kappa shape index (κ3) is 3.44. The second-order valence-corrected chi connectivity index (χ2v) is 3.96. The molecule has 0 bridgehead atoms. The Labute approximate surface area is 105 Å². The van der Waals surface area contributed by atoms with Gasteiger partial charge in [-0.15, -0.1) is 11.6 Å². The van der Waals surface area contributed by atoms with E-state index in [2.05, 4.69) is 16.6 Å². The Bertz CT molecular complexity index is 422. The van der Waals surface area contributed by atoms with Crippen LogP contribution in [0.3, 0.4) is 0 Å². The average molecular weight is 256 g/mol. The maximum atomic E-state index is 11.8. The van der Waals surface area contributed by atoms with E-state index < -0.39 is 5.54 Å². The monoisotopic (exact) mass is 255 g/mol. The molecule has 84 valence electrons. The summed E-state index contributed by atoms with van der Waals surface area (Å²) in [5.74, 6) is 2.61. The molecule has 0 aliphatic heterocycles. The van der Waals surface area contributed by atoms with Gasteiger partial charge in [0.25, 0.3) is 5.91 Å². The quantitative estimate of drug-likeness (QED) is 0.653. The largest absolute Gasteiger partial charge is 0.335 e. The summed E-state index contributed by atoms with van der Waals surface area (Å²) < 4.78 is 0. The molecule has 0 radical (unpaired) electrons. The average Bonchev–Trinajstić information content (AvgIpc) is 2.30. The Morgan fingerprint density at radius 1 is 1.44 bits per heavy atom. The molecule has 1 amide bonds. The van der Waals surface area contributed by atoms with Crippen LogP contribution in [0.25, 0.3) is 0 Å². The second-order valence-electron chi connectivity index (χ2n) is 3.51. The zero-order valence-corrected chi connectivity index (χ0v) is 10.3. The molecule has 1 unspecified atom stereocenters. The van der Waals surface area contributed by atoms with Crippen LogP contribution in [0.4, 0.5) is 0 Å². The number of carbonyl (C=O) groups is 1. The summed E-state index contributed by atoms with van der Waals surface area (Å²) in [6, 6.07) is 8.87. The van der Waals surface area contributed by atoms with Crippen LogP contribution in [0.2, 0.25) is 0 Å². The van der Waals surface area contributed by atoms with Crippen molar-refractivity contribution >= 4 is 29.1 Å². The Balaban J connectivity index is 2.80. The van der Waals surface area contributed by atoms with Crippen molar-refractivity contribution in [1.29, 1.82) is 0 Å². The summed E-state index contributed by atoms with van der Waals surface area (Å²) in [7, 11) is 0. The standard InChI is InChI=1S/C12H11Cl2NO/c1-12(9-14,7-8-13)15-11(16)10-5-3-2-4-6-10/h2-6H,9H2,1H3,(H,15,16). The first kappa shape index (κ1) is 12.9. The van der Waals surface area contributed by atoms with Gasteiger partial charge in [0.15, 0.2) is 0 Å². The lowest BCUT2D eigenvalue weighted by Gasteiger charge is -2.22. The zero-order chi connectivity index (χ0) is 12.0. The van der Waals surface area contributed by atoms with Gasteiger partial charge in [0.05, 0.1) is 5.88 Å². The maximum absolute atomic E-state index is 11.8. The third-order valence-corrected chi connectivity index (χ3v) is 2.64. The molecule has 0 saturated heterocycles. The lowest BCUT2D eigenvalue weighted by Crippen LogP contribution is -2.46. The SMILES string of the molecule is CC(C#CCl)(CCl)NC(=O)c1ccccc1. The van der Waals surface area contributed by atoms with E-state index in [0.717, 1.165) is 0 Å². The smallest absolute Gasteiger partial charge is 0.252 e. The number of benzene rings is 1. The van der Waals surface area contributed by atoms with E-state index in [1.165, 1.54) is 0 Å². The van der Waals surface area contributed by atoms with E-state index in [1.54, 1.807) is 31.2 Å². The van der Waals surface area contributed by atoms with Crippen molar-refractivity contribution in [2.45, 2.75) is 12.5 Å². The number of hydrogen-bond acceptors (Lipinski definition) is 1. The van der Waals surface area contributed by atoms with Crippen LogP contribution in [0.15, 0.2) is 30.3 Å². The first-order chi connectivity index (χ1) is 7.61. The van der Waals surface area contributed by atoms with Crippen molar-refractivity contribution < 1.29 is 4.79 Å². The predicted molar refractivity (Wildman–Crippen MR) is 66.7 cm³/mol. The number of carbonyl (C=O) groups excluding carboxylic acids is 1. The molecular formula is C12H11Cl2NO. The highest BCUT2D eigenvalue weighted by molar-refractivity contribution is 6.30. The van der Waals surface area contributed by atoms with E-state index in [0.29, 0.717) is 5.56 Å². The van der Waals surface area contributed by atoms with Gasteiger partial charge in [-0.2, -0.15) is 0 Å². The third-order valence-electron chi connectivity index (χ3n) is 2.02. The van der Waals surface area contributed by atoms with Crippen LogP contribution >= 0.6 is 23.2 Å². The maximum Gasteiger partial charge on any atom is 0.252 e. The molecule has 1 N–H and O–H groups in total. The first-order valence-electron chi connectivity index (χ1n) is 4.67. The minimum absolute atomic E-state index is 0.172. The Morgan fingerprint density at radius 3 is 2.56 bits per heavy atom. The van der Waals surface area contributed by atoms with Gasteiger partial charge in [-0.3, -0.25) is 4.79 Å². The summed E-state index contributed by atoms with van der Waals surface area (Å²) in [6.45, 7) is 1.72. The van der Waals surface area contributed by atoms with Crippen LogP contribution in [-0.4, -0.2) is 17.3 Å². The van der Waals surface area contributed by atoms with Gasteiger partial charge in [0.2, 0.25) is 0 Å². The summed E-state index contributed by atoms with van der Waals surface area (Å²) >= 11 is 11.1. The Morgan fingerprint density at radius 2 is 2.06 bits per heavy atom. The van der Waals surface area contributed by atoms with Gasteiger partial charge < -0.3 is 5.32 Å². The highest BCUT2D eigenvalue weighted by Crippen LogP contribution is 2.08. The van der Waals surface area contributed by atoms with Gasteiger partial charge in [0.1, 0.15) is 5.54 Å². The summed E-state index contributed by atoms with van der Waals surface area (Å²) in [5, 5.41) is 4.97. The molecule has 0 saturated carbocycles. The van der Waals surface area contributed by atoms with Gasteiger partial charge >= 0.3 is 0 Å². The molecule has 0 heterocycles. The molecule has 4 heteroatoms. The van der Waals surface area contributed by atoms with Crippen molar-refractivity contribution in [2.75, 3.05) is 5.88 Å². The van der Waals surface area contributed by atoms with Crippen molar-refractivity contribution in [3.05, 3.63) is 35.9 Å². The highest BCUT2D eigenvalue weighted by atomic mass is 35.5. The minimum Gasteiger partial charge on any atom is -0.335 e. The van der Waals surface area contributed by atoms with Crippen molar-refractivity contribution in [3.63, 3.8) is 0 Å². The summed E-state index contributed by atoms with van der Waals surface area (Å²) in [5.41, 5.74) is -0.244. The molecule has 2 nitrogen and oxygen atoms in total. The molecular weight excluding hydrogens is 245 g/mol. The van der Waals surface area contributed by atoms with Crippen molar-refractivity contribution in [2.24, 2.45) is 0 Å². The van der Waals surface area contributed by atoms with Crippen molar-refractivity contribution in [1.82, 2.24) is 5.32 Å². The normalized spacial score (nSPS) is 13.2. The van der Waals surface area contributed by atoms with E-state index in [1.807, 2.05) is 6.07 Å². The Kier molecular flexibility index (Phi) is 4.67. The van der Waals surface area contributed by atoms with E-state index in [9.17, 15) is 4.79 Å². The fourth-order valence-electron chi connectivity index (χ4n) is 1.11. The molecule has 1 rings (SSSR count). The number of rotatable bonds is 3. The van der Waals surface area contributed by atoms with Crippen LogP contribution < -0.4 is 5.32 Å². The van der Waals surface area contributed by atoms with Gasteiger partial charge in [-0.25, -0.2) is 0 Å². The van der Waals surface area contributed by atoms with Crippen LogP contribution in [0.5, 0.6) is 0 Å². The van der Waals surface area contributed by atoms with Gasteiger partial charge in [-0.1, -0.05) is 24.1 Å². The number of halogens is 2. The fraction of sp³-hybridized carbons (Fsp3) is 0.250. The minimum atomic E-state index is -0.809. The number of hydrogen-bond donors (Lipinski definition) is 1. The molecule has 1 atom stereocenters. The van der Waals surface area contributed by atoms with Crippen molar-refractivity contribution in [3.8, 4) is 11.3 Å². The van der Waals surface area contributed by atoms with E-state index in [-0.39, 0.29) is 11.8 Å². The molecule has 0 aliphatic carbocycles. The zero-order valence-electron chi connectivity index (χ0n) is 8.76. The molecule has 0 spiro atoms. The first-order valence-corrected chi connectivity index (χ1v) is 5.59. The lowest BCUT2D eigenvalue weighted by atomic mass is 10.1. The van der Waals surface area contributed by atoms with Crippen LogP contribution in [-0.2, 0) is 0 Å². The molecule has 0 aliphatic rings. The lowest BCUT2D eigenvalue weighted by molar-refractivity contribution is 0.0930. The van der Waals surface area contributed by atoms with Crippen LogP contribution in [0, 0.1) is 11.3 Å². The van der Waals surface area contributed by atoms with E-state index >= 15 is 0 Å². The molecule has 0 aromatic heterocycles. The number of nitrogens with one attached hydrogen (secondary N) is 1. The number of amides is 1.